The van der Waals surface area contributed by atoms with E-state index in [4.69, 9.17) is 0 Å². The fourth-order valence-corrected chi connectivity index (χ4v) is 1.76. The molecule has 5 nitrogen and oxygen atoms in total. The number of carbonyl (C=O) groups excluding carboxylic acids is 1. The lowest BCUT2D eigenvalue weighted by Gasteiger charge is -2.14. The van der Waals surface area contributed by atoms with Gasteiger partial charge in [0, 0.05) is 18.6 Å². The number of aromatic amines is 1. The van der Waals surface area contributed by atoms with Crippen molar-refractivity contribution in [2.75, 3.05) is 0 Å². The Kier molecular flexibility index (Phi) is 4.25. The van der Waals surface area contributed by atoms with E-state index in [9.17, 15) is 18.0 Å². The number of carbonyl (C=O) groups is 1. The third-order valence-corrected chi connectivity index (χ3v) is 2.89. The van der Waals surface area contributed by atoms with Crippen molar-refractivity contribution in [1.29, 1.82) is 0 Å². The number of halogens is 3. The van der Waals surface area contributed by atoms with Gasteiger partial charge < -0.3 is 10.3 Å². The fraction of sp³-hybridized carbons (Fsp3) is 0.308. The monoisotopic (exact) mass is 298 g/mol. The topological polar surface area (TPSA) is 70.7 Å². The van der Waals surface area contributed by atoms with Gasteiger partial charge in [0.2, 0.25) is 0 Å². The number of alkyl halides is 3. The summed E-state index contributed by atoms with van der Waals surface area (Å²) in [5.41, 5.74) is -0.967. The molecule has 2 N–H and O–H groups in total. The number of aromatic nitrogens is 3. The van der Waals surface area contributed by atoms with Crippen molar-refractivity contribution in [3.63, 3.8) is 0 Å². The molecular weight excluding hydrogens is 285 g/mol. The molecular formula is C13H13F3N4O. The van der Waals surface area contributed by atoms with Gasteiger partial charge in [-0.05, 0) is 18.6 Å². The Balaban J connectivity index is 2.09. The highest BCUT2D eigenvalue weighted by atomic mass is 19.4. The molecule has 0 aliphatic rings. The van der Waals surface area contributed by atoms with Crippen LogP contribution in [0.5, 0.6) is 0 Å². The van der Waals surface area contributed by atoms with Gasteiger partial charge in [-0.3, -0.25) is 9.78 Å². The van der Waals surface area contributed by atoms with Crippen molar-refractivity contribution in [2.24, 2.45) is 0 Å². The third kappa shape index (κ3) is 3.59. The molecule has 2 heterocycles. The second-order valence-electron chi connectivity index (χ2n) is 4.34. The Labute approximate surface area is 118 Å². The molecule has 8 heteroatoms. The van der Waals surface area contributed by atoms with E-state index >= 15 is 0 Å². The zero-order valence-corrected chi connectivity index (χ0v) is 11.1. The maximum atomic E-state index is 12.4. The number of hydrogen-bond donors (Lipinski definition) is 2. The van der Waals surface area contributed by atoms with Crippen molar-refractivity contribution < 1.29 is 18.0 Å². The number of H-pyrrole nitrogens is 1. The van der Waals surface area contributed by atoms with Crippen LogP contribution in [-0.4, -0.2) is 20.9 Å². The van der Waals surface area contributed by atoms with E-state index in [1.165, 1.54) is 0 Å². The van der Waals surface area contributed by atoms with E-state index in [2.05, 4.69) is 20.3 Å². The smallest absolute Gasteiger partial charge is 0.347 e. The average molecular weight is 298 g/mol. The van der Waals surface area contributed by atoms with Gasteiger partial charge >= 0.3 is 6.18 Å². The predicted octanol–water partition coefficient (Wildman–Crippen LogP) is 2.70. The molecule has 0 aromatic carbocycles. The molecule has 2 aromatic heterocycles. The molecule has 0 aliphatic carbocycles. The Bertz CT molecular complexity index is 593. The Morgan fingerprint density at radius 1 is 1.38 bits per heavy atom. The molecule has 2 rings (SSSR count). The van der Waals surface area contributed by atoms with Crippen LogP contribution in [0.15, 0.2) is 30.7 Å². The second-order valence-corrected chi connectivity index (χ2v) is 4.34. The van der Waals surface area contributed by atoms with E-state index in [1.54, 1.807) is 12.4 Å². The molecule has 112 valence electrons. The van der Waals surface area contributed by atoms with E-state index in [0.29, 0.717) is 18.4 Å². The summed E-state index contributed by atoms with van der Waals surface area (Å²) < 4.78 is 37.3. The number of nitrogens with one attached hydrogen (secondary N) is 2. The van der Waals surface area contributed by atoms with Crippen LogP contribution in [0.4, 0.5) is 13.2 Å². The van der Waals surface area contributed by atoms with Gasteiger partial charge in [-0.15, -0.1) is 0 Å². The van der Waals surface area contributed by atoms with Crippen molar-refractivity contribution in [1.82, 2.24) is 20.3 Å². The highest BCUT2D eigenvalue weighted by molar-refractivity contribution is 5.92. The van der Waals surface area contributed by atoms with Gasteiger partial charge in [0.05, 0.1) is 11.6 Å². The molecule has 0 saturated heterocycles. The normalized spacial score (nSPS) is 13.0. The van der Waals surface area contributed by atoms with Crippen molar-refractivity contribution in [3.05, 3.63) is 47.8 Å². The van der Waals surface area contributed by atoms with Gasteiger partial charge in [-0.1, -0.05) is 6.92 Å². The first-order valence-electron chi connectivity index (χ1n) is 6.25. The summed E-state index contributed by atoms with van der Waals surface area (Å²) in [4.78, 5) is 22.4. The van der Waals surface area contributed by atoms with Gasteiger partial charge in [-0.25, -0.2) is 4.98 Å². The highest BCUT2D eigenvalue weighted by Gasteiger charge is 2.31. The summed E-state index contributed by atoms with van der Waals surface area (Å²) >= 11 is 0. The van der Waals surface area contributed by atoms with Crippen molar-refractivity contribution >= 4 is 5.91 Å². The van der Waals surface area contributed by atoms with Crippen LogP contribution < -0.4 is 5.32 Å². The molecule has 0 aliphatic heterocycles. The van der Waals surface area contributed by atoms with E-state index in [0.717, 1.165) is 12.1 Å². The molecule has 0 saturated carbocycles. The van der Waals surface area contributed by atoms with Gasteiger partial charge in [-0.2, -0.15) is 13.2 Å². The van der Waals surface area contributed by atoms with Gasteiger partial charge in [0.15, 0.2) is 0 Å². The van der Waals surface area contributed by atoms with Crippen molar-refractivity contribution in [2.45, 2.75) is 25.6 Å². The van der Waals surface area contributed by atoms with Crippen LogP contribution in [-0.2, 0) is 6.18 Å². The summed E-state index contributed by atoms with van der Waals surface area (Å²) in [5.74, 6) is 0.0322. The number of rotatable bonds is 4. The van der Waals surface area contributed by atoms with Gasteiger partial charge in [0.25, 0.3) is 5.91 Å². The first-order valence-corrected chi connectivity index (χ1v) is 6.25. The number of imidazole rings is 1. The van der Waals surface area contributed by atoms with Crippen LogP contribution in [0.3, 0.4) is 0 Å². The average Bonchev–Trinajstić information content (AvgIpc) is 2.97. The lowest BCUT2D eigenvalue weighted by Crippen LogP contribution is -2.29. The van der Waals surface area contributed by atoms with Crippen LogP contribution in [0.2, 0.25) is 0 Å². The Hall–Kier alpha value is -2.38. The summed E-state index contributed by atoms with van der Waals surface area (Å²) in [7, 11) is 0. The molecule has 1 unspecified atom stereocenters. The van der Waals surface area contributed by atoms with Crippen molar-refractivity contribution in [3.8, 4) is 0 Å². The summed E-state index contributed by atoms with van der Waals surface area (Å²) in [6.45, 7) is 1.85. The standard InChI is InChI=1S/C13H13F3N4O/c1-2-9(11-17-5-6-18-11)20-12(21)10-4-3-8(7-19-10)13(14,15)16/h3-7,9H,2H2,1H3,(H,17,18)(H,20,21). The summed E-state index contributed by atoms with van der Waals surface area (Å²) in [6.07, 6.45) is -0.0637. The third-order valence-electron chi connectivity index (χ3n) is 2.89. The van der Waals surface area contributed by atoms with Gasteiger partial charge in [0.1, 0.15) is 11.5 Å². The first kappa shape index (κ1) is 15.0. The molecule has 0 bridgehead atoms. The molecule has 0 radical (unpaired) electrons. The quantitative estimate of drug-likeness (QED) is 0.911. The molecule has 1 amide bonds. The first-order chi connectivity index (χ1) is 9.91. The molecule has 0 spiro atoms. The van der Waals surface area contributed by atoms with E-state index < -0.39 is 17.6 Å². The number of amides is 1. The minimum absolute atomic E-state index is 0.0759. The SMILES string of the molecule is CCC(NC(=O)c1ccc(C(F)(F)F)cn1)c1ncc[nH]1. The maximum absolute atomic E-state index is 12.4. The molecule has 21 heavy (non-hydrogen) atoms. The zero-order chi connectivity index (χ0) is 15.5. The number of nitrogens with zero attached hydrogens (tertiary/aromatic N) is 2. The Morgan fingerprint density at radius 3 is 2.62 bits per heavy atom. The lowest BCUT2D eigenvalue weighted by molar-refractivity contribution is -0.137. The van der Waals surface area contributed by atoms with E-state index in [-0.39, 0.29) is 11.7 Å². The largest absolute Gasteiger partial charge is 0.417 e. The number of hydrogen-bond acceptors (Lipinski definition) is 3. The van der Waals surface area contributed by atoms with Crippen LogP contribution in [0.1, 0.15) is 41.3 Å². The lowest BCUT2D eigenvalue weighted by atomic mass is 10.2. The maximum Gasteiger partial charge on any atom is 0.417 e. The zero-order valence-electron chi connectivity index (χ0n) is 11.1. The molecule has 0 fully saturated rings. The fourth-order valence-electron chi connectivity index (χ4n) is 1.76. The molecule has 1 atom stereocenters. The predicted molar refractivity (Wildman–Crippen MR) is 68.3 cm³/mol. The van der Waals surface area contributed by atoms with Crippen LogP contribution in [0.25, 0.3) is 0 Å². The minimum Gasteiger partial charge on any atom is -0.347 e. The van der Waals surface area contributed by atoms with Crippen LogP contribution in [0, 0.1) is 0 Å². The highest BCUT2D eigenvalue weighted by Crippen LogP contribution is 2.28. The van der Waals surface area contributed by atoms with Crippen LogP contribution >= 0.6 is 0 Å². The second kappa shape index (κ2) is 5.94. The minimum atomic E-state index is -4.47. The summed E-state index contributed by atoms with van der Waals surface area (Å²) in [5, 5.41) is 2.67. The van der Waals surface area contributed by atoms with E-state index in [1.807, 2.05) is 6.92 Å². The Morgan fingerprint density at radius 2 is 2.14 bits per heavy atom. The summed E-state index contributed by atoms with van der Waals surface area (Å²) in [6, 6.07) is 1.53. The number of pyridine rings is 1. The molecule has 2 aromatic rings.